The molecule has 0 aromatic heterocycles. The van der Waals surface area contributed by atoms with Crippen molar-refractivity contribution in [2.75, 3.05) is 19.7 Å². The second-order valence-electron chi connectivity index (χ2n) is 8.25. The Morgan fingerprint density at radius 2 is 1.76 bits per heavy atom. The Morgan fingerprint density at radius 3 is 2.45 bits per heavy atom. The molecule has 4 rings (SSSR count). The Labute approximate surface area is 171 Å². The molecular weight excluding hydrogens is 366 g/mol. The quantitative estimate of drug-likeness (QED) is 0.790. The molecule has 0 unspecified atom stereocenters. The molecular formula is C24H27NO4. The second-order valence-corrected chi connectivity index (χ2v) is 8.25. The molecule has 0 atom stereocenters. The number of aryl methyl sites for hydroxylation is 2. The van der Waals surface area contributed by atoms with E-state index in [1.165, 1.54) is 0 Å². The van der Waals surface area contributed by atoms with Crippen LogP contribution in [-0.4, -0.2) is 41.9 Å². The van der Waals surface area contributed by atoms with Crippen LogP contribution in [0.25, 0.3) is 0 Å². The van der Waals surface area contributed by atoms with Gasteiger partial charge in [-0.2, -0.15) is 0 Å². The smallest absolute Gasteiger partial charge is 0.260 e. The summed E-state index contributed by atoms with van der Waals surface area (Å²) in [7, 11) is 0. The summed E-state index contributed by atoms with van der Waals surface area (Å²) < 4.78 is 12.0. The molecule has 1 saturated heterocycles. The zero-order chi connectivity index (χ0) is 20.6. The third-order valence-corrected chi connectivity index (χ3v) is 6.19. The van der Waals surface area contributed by atoms with Crippen molar-refractivity contribution >= 4 is 11.7 Å². The molecule has 0 aliphatic carbocycles. The van der Waals surface area contributed by atoms with Gasteiger partial charge in [-0.15, -0.1) is 0 Å². The number of fused-ring (bicyclic) bond motifs is 1. The Balaban J connectivity index is 1.38. The highest BCUT2D eigenvalue weighted by Gasteiger charge is 2.44. The van der Waals surface area contributed by atoms with Crippen LogP contribution in [0.2, 0.25) is 0 Å². The van der Waals surface area contributed by atoms with Crippen molar-refractivity contribution < 1.29 is 19.1 Å². The summed E-state index contributed by atoms with van der Waals surface area (Å²) in [6, 6.07) is 11.5. The monoisotopic (exact) mass is 393 g/mol. The lowest BCUT2D eigenvalue weighted by molar-refractivity contribution is -0.136. The lowest BCUT2D eigenvalue weighted by Gasteiger charge is -2.44. The number of carbonyl (C=O) groups is 2. The third-order valence-electron chi connectivity index (χ3n) is 6.19. The molecule has 1 fully saturated rings. The van der Waals surface area contributed by atoms with Crippen molar-refractivity contribution in [2.24, 2.45) is 0 Å². The molecule has 0 saturated carbocycles. The van der Waals surface area contributed by atoms with Gasteiger partial charge in [-0.3, -0.25) is 9.59 Å². The summed E-state index contributed by atoms with van der Waals surface area (Å²) in [5, 5.41) is 0. The molecule has 2 aliphatic heterocycles. The maximum absolute atomic E-state index is 12.7. The minimum Gasteiger partial charge on any atom is -0.486 e. The summed E-state index contributed by atoms with van der Waals surface area (Å²) in [6.45, 7) is 7.21. The highest BCUT2D eigenvalue weighted by Crippen LogP contribution is 2.41. The predicted octanol–water partition coefficient (Wildman–Crippen LogP) is 4.02. The Hall–Kier alpha value is -2.82. The van der Waals surface area contributed by atoms with Gasteiger partial charge in [0.1, 0.15) is 17.1 Å². The summed E-state index contributed by atoms with van der Waals surface area (Å²) in [5.41, 5.74) is 3.48. The van der Waals surface area contributed by atoms with Crippen molar-refractivity contribution in [3.8, 4) is 11.5 Å². The molecule has 2 aromatic carbocycles. The van der Waals surface area contributed by atoms with Crippen LogP contribution in [0.15, 0.2) is 36.4 Å². The number of carbonyl (C=O) groups excluding carboxylic acids is 2. The predicted molar refractivity (Wildman–Crippen MR) is 111 cm³/mol. The fourth-order valence-electron chi connectivity index (χ4n) is 4.09. The lowest BCUT2D eigenvalue weighted by Crippen LogP contribution is -2.53. The number of Topliss-reactive ketones (excluding diaryl/α,β-unsaturated/α-hetero) is 1. The normalized spacial score (nSPS) is 17.6. The maximum Gasteiger partial charge on any atom is 0.260 e. The molecule has 2 aromatic rings. The topological polar surface area (TPSA) is 55.8 Å². The SMILES string of the molecule is Cc1ccc(OCC(=O)N2CCC3(CC2)CC(=O)c2ccc(C)c(C)c2O3)cc1. The number of piperidine rings is 1. The Morgan fingerprint density at radius 1 is 1.07 bits per heavy atom. The average molecular weight is 393 g/mol. The largest absolute Gasteiger partial charge is 0.486 e. The summed E-state index contributed by atoms with van der Waals surface area (Å²) in [4.78, 5) is 27.1. The van der Waals surface area contributed by atoms with E-state index in [0.29, 0.717) is 43.7 Å². The first-order chi connectivity index (χ1) is 13.9. The van der Waals surface area contributed by atoms with Crippen molar-refractivity contribution in [3.05, 3.63) is 58.7 Å². The minimum absolute atomic E-state index is 0.0248. The second kappa shape index (κ2) is 7.54. The lowest BCUT2D eigenvalue weighted by atomic mass is 9.81. The number of rotatable bonds is 3. The molecule has 2 aliphatic rings. The van der Waals surface area contributed by atoms with Gasteiger partial charge >= 0.3 is 0 Å². The van der Waals surface area contributed by atoms with E-state index in [1.54, 1.807) is 0 Å². The highest BCUT2D eigenvalue weighted by atomic mass is 16.5. The maximum atomic E-state index is 12.7. The Bertz CT molecular complexity index is 940. The minimum atomic E-state index is -0.503. The fourth-order valence-corrected chi connectivity index (χ4v) is 4.09. The number of benzene rings is 2. The molecule has 29 heavy (non-hydrogen) atoms. The zero-order valence-electron chi connectivity index (χ0n) is 17.3. The first-order valence-corrected chi connectivity index (χ1v) is 10.2. The number of amides is 1. The highest BCUT2D eigenvalue weighted by molar-refractivity contribution is 6.01. The van der Waals surface area contributed by atoms with E-state index < -0.39 is 5.60 Å². The fraction of sp³-hybridized carbons (Fsp3) is 0.417. The number of likely N-dealkylation sites (tertiary alicyclic amines) is 1. The molecule has 0 radical (unpaired) electrons. The third kappa shape index (κ3) is 3.86. The van der Waals surface area contributed by atoms with E-state index in [0.717, 1.165) is 22.4 Å². The average Bonchev–Trinajstić information content (AvgIpc) is 2.71. The standard InChI is InChI=1S/C24H27NO4/c1-16-4-7-19(8-5-16)28-15-22(27)25-12-10-24(11-13-25)14-21(26)20-9-6-17(2)18(3)23(20)29-24/h4-9H,10-15H2,1-3H3. The number of hydrogen-bond donors (Lipinski definition) is 0. The van der Waals surface area contributed by atoms with E-state index in [-0.39, 0.29) is 18.3 Å². The van der Waals surface area contributed by atoms with E-state index in [2.05, 4.69) is 0 Å². The van der Waals surface area contributed by atoms with Crippen molar-refractivity contribution in [2.45, 2.75) is 45.6 Å². The van der Waals surface area contributed by atoms with Gasteiger partial charge in [-0.05, 0) is 50.1 Å². The van der Waals surface area contributed by atoms with E-state index in [4.69, 9.17) is 9.47 Å². The summed E-state index contributed by atoms with van der Waals surface area (Å²) in [5.74, 6) is 1.52. The van der Waals surface area contributed by atoms with Crippen molar-refractivity contribution in [3.63, 3.8) is 0 Å². The van der Waals surface area contributed by atoms with Gasteiger partial charge in [0.2, 0.25) is 0 Å². The van der Waals surface area contributed by atoms with Gasteiger partial charge in [-0.25, -0.2) is 0 Å². The first kappa shape index (κ1) is 19.5. The summed E-state index contributed by atoms with van der Waals surface area (Å²) in [6.07, 6.45) is 1.69. The van der Waals surface area contributed by atoms with Gasteiger partial charge in [0.15, 0.2) is 12.4 Å². The molecule has 1 amide bonds. The molecule has 0 N–H and O–H groups in total. The van der Waals surface area contributed by atoms with Crippen molar-refractivity contribution in [1.29, 1.82) is 0 Å². The summed E-state index contributed by atoms with van der Waals surface area (Å²) >= 11 is 0. The van der Waals surface area contributed by atoms with Gasteiger partial charge in [0.05, 0.1) is 12.0 Å². The molecule has 5 nitrogen and oxygen atoms in total. The van der Waals surface area contributed by atoms with Gasteiger partial charge < -0.3 is 14.4 Å². The zero-order valence-corrected chi connectivity index (χ0v) is 17.3. The molecule has 1 spiro atoms. The van der Waals surface area contributed by atoms with Crippen LogP contribution in [0.4, 0.5) is 0 Å². The van der Waals surface area contributed by atoms with Gasteiger partial charge in [-0.1, -0.05) is 23.8 Å². The van der Waals surface area contributed by atoms with E-state index in [1.807, 2.05) is 62.1 Å². The first-order valence-electron chi connectivity index (χ1n) is 10.2. The van der Waals surface area contributed by atoms with Crippen LogP contribution in [0.3, 0.4) is 0 Å². The number of nitrogens with zero attached hydrogens (tertiary/aromatic N) is 1. The van der Waals surface area contributed by atoms with Crippen LogP contribution in [-0.2, 0) is 4.79 Å². The van der Waals surface area contributed by atoms with Crippen LogP contribution in [0.5, 0.6) is 11.5 Å². The molecule has 152 valence electrons. The van der Waals surface area contributed by atoms with E-state index >= 15 is 0 Å². The van der Waals surface area contributed by atoms with E-state index in [9.17, 15) is 9.59 Å². The molecule has 2 heterocycles. The number of ether oxygens (including phenoxy) is 2. The molecule has 0 bridgehead atoms. The van der Waals surface area contributed by atoms with Crippen LogP contribution in [0, 0.1) is 20.8 Å². The van der Waals surface area contributed by atoms with Crippen LogP contribution >= 0.6 is 0 Å². The number of hydrogen-bond acceptors (Lipinski definition) is 4. The van der Waals surface area contributed by atoms with Gasteiger partial charge in [0.25, 0.3) is 5.91 Å². The number of ketones is 1. The van der Waals surface area contributed by atoms with Crippen LogP contribution < -0.4 is 9.47 Å². The van der Waals surface area contributed by atoms with Crippen LogP contribution in [0.1, 0.15) is 46.3 Å². The van der Waals surface area contributed by atoms with Gasteiger partial charge in [0, 0.05) is 25.9 Å². The molecule has 5 heteroatoms. The van der Waals surface area contributed by atoms with Crippen molar-refractivity contribution in [1.82, 2.24) is 4.90 Å². The Kier molecular flexibility index (Phi) is 5.07.